The molecule has 7 nitrogen and oxygen atoms in total. The monoisotopic (exact) mass is 411 g/mol. The predicted octanol–water partition coefficient (Wildman–Crippen LogP) is 3.34. The molecule has 1 atom stereocenters. The Kier molecular flexibility index (Phi) is 5.36. The normalized spacial score (nSPS) is 16.9. The van der Waals surface area contributed by atoms with Gasteiger partial charge in [-0.3, -0.25) is 14.2 Å². The first kappa shape index (κ1) is 19.6. The van der Waals surface area contributed by atoms with Crippen molar-refractivity contribution in [2.45, 2.75) is 40.2 Å². The molecule has 8 heteroatoms. The summed E-state index contributed by atoms with van der Waals surface area (Å²) in [4.78, 5) is 36.6. The summed E-state index contributed by atoms with van der Waals surface area (Å²) in [5.74, 6) is 0.370. The average molecular weight is 412 g/mol. The summed E-state index contributed by atoms with van der Waals surface area (Å²) in [6.07, 6.45) is 3.77. The van der Waals surface area contributed by atoms with Gasteiger partial charge in [0.15, 0.2) is 10.8 Å². The van der Waals surface area contributed by atoms with Crippen molar-refractivity contribution in [2.75, 3.05) is 23.3 Å². The van der Waals surface area contributed by atoms with Gasteiger partial charge in [0.2, 0.25) is 5.91 Å². The van der Waals surface area contributed by atoms with Crippen molar-refractivity contribution in [1.29, 1.82) is 0 Å². The number of amides is 1. The van der Waals surface area contributed by atoms with E-state index in [0.717, 1.165) is 41.5 Å². The van der Waals surface area contributed by atoms with Gasteiger partial charge in [0.25, 0.3) is 5.56 Å². The number of para-hydroxylation sites is 1. The number of thiazole rings is 1. The van der Waals surface area contributed by atoms with Crippen LogP contribution in [-0.2, 0) is 11.3 Å². The number of anilines is 2. The first-order valence-corrected chi connectivity index (χ1v) is 10.7. The van der Waals surface area contributed by atoms with Gasteiger partial charge >= 0.3 is 0 Å². The number of nitrogens with zero attached hydrogens (tertiary/aromatic N) is 4. The zero-order valence-corrected chi connectivity index (χ0v) is 17.8. The van der Waals surface area contributed by atoms with Crippen LogP contribution in [0.2, 0.25) is 0 Å². The van der Waals surface area contributed by atoms with Crippen molar-refractivity contribution in [2.24, 2.45) is 5.92 Å². The highest BCUT2D eigenvalue weighted by Gasteiger charge is 2.21. The smallest absolute Gasteiger partial charge is 0.273 e. The van der Waals surface area contributed by atoms with Crippen molar-refractivity contribution in [1.82, 2.24) is 14.5 Å². The van der Waals surface area contributed by atoms with Gasteiger partial charge < -0.3 is 10.2 Å². The van der Waals surface area contributed by atoms with Gasteiger partial charge in [0, 0.05) is 18.8 Å². The lowest BCUT2D eigenvalue weighted by Crippen LogP contribution is -2.34. The molecular formula is C21H25N5O2S. The molecule has 1 N–H and O–H groups in total. The van der Waals surface area contributed by atoms with Gasteiger partial charge in [-0.05, 0) is 43.7 Å². The van der Waals surface area contributed by atoms with Gasteiger partial charge in [-0.25, -0.2) is 4.98 Å². The highest BCUT2D eigenvalue weighted by molar-refractivity contribution is 7.22. The number of carbonyl (C=O) groups excluding carboxylic acids is 1. The standard InChI is InChI=1S/C21H25N5O2S/c1-13-6-5-9-25(10-13)21-24-19-18(29-21)20(28)26(12-22-19)11-16(27)23-17-14(2)7-4-8-15(17)3/h4,7-8,12-13H,5-6,9-11H2,1-3H3,(H,23,27)/t13-/m1/s1. The first-order chi connectivity index (χ1) is 13.9. The number of rotatable bonds is 4. The lowest BCUT2D eigenvalue weighted by Gasteiger charge is -2.30. The third-order valence-corrected chi connectivity index (χ3v) is 6.45. The molecule has 1 aromatic carbocycles. The summed E-state index contributed by atoms with van der Waals surface area (Å²) in [6, 6.07) is 5.85. The maximum absolute atomic E-state index is 12.9. The van der Waals surface area contributed by atoms with Gasteiger partial charge in [-0.2, -0.15) is 4.98 Å². The van der Waals surface area contributed by atoms with Gasteiger partial charge in [-0.1, -0.05) is 36.5 Å². The summed E-state index contributed by atoms with van der Waals surface area (Å²) in [5, 5.41) is 3.76. The molecule has 0 saturated carbocycles. The van der Waals surface area contributed by atoms with Crippen molar-refractivity contribution < 1.29 is 4.79 Å². The lowest BCUT2D eigenvalue weighted by atomic mass is 10.0. The largest absolute Gasteiger partial charge is 0.348 e. The number of fused-ring (bicyclic) bond motifs is 1. The molecule has 1 saturated heterocycles. The molecule has 2 aromatic heterocycles. The van der Waals surface area contributed by atoms with Gasteiger partial charge in [0.05, 0.1) is 0 Å². The molecule has 0 radical (unpaired) electrons. The van der Waals surface area contributed by atoms with E-state index in [1.54, 1.807) is 0 Å². The molecule has 0 unspecified atom stereocenters. The minimum atomic E-state index is -0.250. The van der Waals surface area contributed by atoms with Crippen LogP contribution in [0.5, 0.6) is 0 Å². The number of hydrogen-bond donors (Lipinski definition) is 1. The SMILES string of the molecule is Cc1cccc(C)c1NC(=O)Cn1cnc2nc(N3CCC[C@@H](C)C3)sc2c1=O. The van der Waals surface area contributed by atoms with Crippen LogP contribution >= 0.6 is 11.3 Å². The van der Waals surface area contributed by atoms with E-state index >= 15 is 0 Å². The number of hydrogen-bond acceptors (Lipinski definition) is 6. The molecular weight excluding hydrogens is 386 g/mol. The highest BCUT2D eigenvalue weighted by atomic mass is 32.1. The first-order valence-electron chi connectivity index (χ1n) is 9.89. The number of aryl methyl sites for hydroxylation is 2. The molecule has 0 aliphatic carbocycles. The molecule has 0 bridgehead atoms. The Morgan fingerprint density at radius 3 is 2.79 bits per heavy atom. The van der Waals surface area contributed by atoms with Crippen LogP contribution in [0, 0.1) is 19.8 Å². The van der Waals surface area contributed by atoms with Crippen LogP contribution in [0.25, 0.3) is 10.3 Å². The lowest BCUT2D eigenvalue weighted by molar-refractivity contribution is -0.116. The summed E-state index contributed by atoms with van der Waals surface area (Å²) >= 11 is 1.37. The molecule has 3 heterocycles. The zero-order chi connectivity index (χ0) is 20.5. The quantitative estimate of drug-likeness (QED) is 0.712. The van der Waals surface area contributed by atoms with Crippen LogP contribution < -0.4 is 15.8 Å². The second kappa shape index (κ2) is 7.94. The van der Waals surface area contributed by atoms with E-state index in [1.807, 2.05) is 32.0 Å². The van der Waals surface area contributed by atoms with Crippen LogP contribution in [0.15, 0.2) is 29.3 Å². The van der Waals surface area contributed by atoms with E-state index in [9.17, 15) is 9.59 Å². The van der Waals surface area contributed by atoms with E-state index < -0.39 is 0 Å². The predicted molar refractivity (Wildman–Crippen MR) is 117 cm³/mol. The van der Waals surface area contributed by atoms with E-state index in [4.69, 9.17) is 0 Å². The molecule has 1 amide bonds. The fourth-order valence-electron chi connectivity index (χ4n) is 3.79. The Labute approximate surface area is 173 Å². The Bertz CT molecular complexity index is 1100. The summed E-state index contributed by atoms with van der Waals surface area (Å²) in [7, 11) is 0. The Balaban J connectivity index is 1.56. The van der Waals surface area contributed by atoms with Gasteiger partial charge in [-0.15, -0.1) is 0 Å². The van der Waals surface area contributed by atoms with Crippen molar-refractivity contribution in [3.8, 4) is 0 Å². The fourth-order valence-corrected chi connectivity index (χ4v) is 4.80. The minimum Gasteiger partial charge on any atom is -0.348 e. The molecule has 29 heavy (non-hydrogen) atoms. The minimum absolute atomic E-state index is 0.0798. The Morgan fingerprint density at radius 2 is 2.07 bits per heavy atom. The number of nitrogens with one attached hydrogen (secondary N) is 1. The molecule has 152 valence electrons. The fraction of sp³-hybridized carbons (Fsp3) is 0.429. The Morgan fingerprint density at radius 1 is 1.31 bits per heavy atom. The van der Waals surface area contributed by atoms with Crippen LogP contribution in [0.4, 0.5) is 10.8 Å². The molecule has 3 aromatic rings. The molecule has 1 aliphatic heterocycles. The third-order valence-electron chi connectivity index (χ3n) is 5.36. The number of aromatic nitrogens is 3. The second-order valence-corrected chi connectivity index (χ2v) is 8.81. The van der Waals surface area contributed by atoms with E-state index in [0.29, 0.717) is 16.3 Å². The maximum atomic E-state index is 12.9. The third kappa shape index (κ3) is 4.03. The van der Waals surface area contributed by atoms with Gasteiger partial charge in [0.1, 0.15) is 17.6 Å². The van der Waals surface area contributed by atoms with Crippen molar-refractivity contribution in [3.05, 3.63) is 46.0 Å². The maximum Gasteiger partial charge on any atom is 0.273 e. The molecule has 1 aliphatic rings. The Hall–Kier alpha value is -2.74. The van der Waals surface area contributed by atoms with Crippen molar-refractivity contribution in [3.63, 3.8) is 0 Å². The summed E-state index contributed by atoms with van der Waals surface area (Å²) < 4.78 is 1.85. The van der Waals surface area contributed by atoms with Crippen LogP contribution in [0.3, 0.4) is 0 Å². The second-order valence-electron chi connectivity index (χ2n) is 7.84. The molecule has 0 spiro atoms. The topological polar surface area (TPSA) is 80.1 Å². The highest BCUT2D eigenvalue weighted by Crippen LogP contribution is 2.29. The van der Waals surface area contributed by atoms with E-state index in [2.05, 4.69) is 27.1 Å². The number of carbonyl (C=O) groups is 1. The summed E-state index contributed by atoms with van der Waals surface area (Å²) in [5.41, 5.74) is 3.00. The summed E-state index contributed by atoms with van der Waals surface area (Å²) in [6.45, 7) is 7.96. The van der Waals surface area contributed by atoms with E-state index in [-0.39, 0.29) is 18.0 Å². The van der Waals surface area contributed by atoms with Crippen LogP contribution in [-0.4, -0.2) is 33.5 Å². The molecule has 1 fully saturated rings. The zero-order valence-electron chi connectivity index (χ0n) is 16.9. The number of benzene rings is 1. The molecule has 4 rings (SSSR count). The van der Waals surface area contributed by atoms with E-state index in [1.165, 1.54) is 28.7 Å². The van der Waals surface area contributed by atoms with Crippen molar-refractivity contribution >= 4 is 38.4 Å². The average Bonchev–Trinajstić information content (AvgIpc) is 3.12. The number of piperidine rings is 1. The van der Waals surface area contributed by atoms with Crippen LogP contribution in [0.1, 0.15) is 30.9 Å².